The Bertz CT molecular complexity index is 1170. The first-order valence-electron chi connectivity index (χ1n) is 11.9. The molecule has 1 aliphatic heterocycles. The zero-order valence-electron chi connectivity index (χ0n) is 22.2. The molecule has 2 aromatic rings. The topological polar surface area (TPSA) is 95.6 Å². The molecule has 9 nitrogen and oxygen atoms in total. The summed E-state index contributed by atoms with van der Waals surface area (Å²) in [6.45, 7) is 12.0. The van der Waals surface area contributed by atoms with E-state index in [1.165, 1.54) is 0 Å². The molecule has 1 amide bonds. The Morgan fingerprint density at radius 3 is 2.35 bits per heavy atom. The van der Waals surface area contributed by atoms with Crippen LogP contribution in [0.1, 0.15) is 44.4 Å². The van der Waals surface area contributed by atoms with Gasteiger partial charge in [0.25, 0.3) is 0 Å². The molecule has 0 unspecified atom stereocenters. The van der Waals surface area contributed by atoms with Gasteiger partial charge in [0.15, 0.2) is 0 Å². The van der Waals surface area contributed by atoms with Crippen LogP contribution in [0.4, 0.5) is 4.79 Å². The van der Waals surface area contributed by atoms with E-state index in [1.54, 1.807) is 58.3 Å². The Morgan fingerprint density at radius 1 is 1.11 bits per heavy atom. The van der Waals surface area contributed by atoms with E-state index in [1.807, 2.05) is 25.1 Å². The molecule has 0 aromatic heterocycles. The summed E-state index contributed by atoms with van der Waals surface area (Å²) in [5, 5.41) is 1.60. The highest BCUT2D eigenvalue weighted by Gasteiger charge is 2.26. The first-order chi connectivity index (χ1) is 17.6. The van der Waals surface area contributed by atoms with Crippen molar-refractivity contribution < 1.29 is 33.3 Å². The summed E-state index contributed by atoms with van der Waals surface area (Å²) >= 11 is 0. The Labute approximate surface area is 217 Å². The predicted molar refractivity (Wildman–Crippen MR) is 140 cm³/mol. The minimum atomic E-state index is -0.650. The Hall–Kier alpha value is -3.98. The van der Waals surface area contributed by atoms with Crippen LogP contribution in [0.15, 0.2) is 43.1 Å². The summed E-state index contributed by atoms with van der Waals surface area (Å²) in [6, 6.07) is 7.35. The molecule has 3 rings (SSSR count). The van der Waals surface area contributed by atoms with Gasteiger partial charge in [-0.1, -0.05) is 12.6 Å². The molecule has 37 heavy (non-hydrogen) atoms. The minimum Gasteiger partial charge on any atom is -0.496 e. The number of hydrogen-bond donors (Lipinski definition) is 1. The summed E-state index contributed by atoms with van der Waals surface area (Å²) in [5.74, 6) is 0.970. The molecule has 0 bridgehead atoms. The van der Waals surface area contributed by atoms with Crippen molar-refractivity contribution in [2.24, 2.45) is 0 Å². The van der Waals surface area contributed by atoms with Gasteiger partial charge in [-0.15, -0.1) is 0 Å². The van der Waals surface area contributed by atoms with Gasteiger partial charge in [-0.05, 0) is 68.7 Å². The van der Waals surface area contributed by atoms with Crippen molar-refractivity contribution in [1.29, 1.82) is 0 Å². The van der Waals surface area contributed by atoms with Crippen LogP contribution in [0.2, 0.25) is 0 Å². The standard InChI is InChI=1S/C28H34N2O7/c1-8-25(31)36-22-11-10-20(26-23(33-6)14-18(17-35-9-2)15-24(26)34-7)21-16-30(13-12-19(21)22)29-27(32)37-28(3,4)5/h8,10-15H,1,9,16-17H2,2-7H3,(H,29,32). The molecule has 1 aliphatic rings. The maximum absolute atomic E-state index is 12.4. The van der Waals surface area contributed by atoms with E-state index in [0.29, 0.717) is 36.0 Å². The van der Waals surface area contributed by atoms with Crippen molar-refractivity contribution in [3.63, 3.8) is 0 Å². The van der Waals surface area contributed by atoms with E-state index < -0.39 is 17.7 Å². The highest BCUT2D eigenvalue weighted by atomic mass is 16.6. The molecule has 9 heteroatoms. The van der Waals surface area contributed by atoms with Gasteiger partial charge in [0.1, 0.15) is 22.8 Å². The number of carbonyl (C=O) groups is 2. The average Bonchev–Trinajstić information content (AvgIpc) is 2.85. The number of methoxy groups -OCH3 is 2. The lowest BCUT2D eigenvalue weighted by Crippen LogP contribution is -2.42. The van der Waals surface area contributed by atoms with E-state index in [9.17, 15) is 9.59 Å². The maximum Gasteiger partial charge on any atom is 0.426 e. The molecule has 1 heterocycles. The molecule has 0 saturated heterocycles. The second-order valence-electron chi connectivity index (χ2n) is 9.20. The highest BCUT2D eigenvalue weighted by Crippen LogP contribution is 2.45. The van der Waals surface area contributed by atoms with Crippen molar-refractivity contribution >= 4 is 18.1 Å². The molecular weight excluding hydrogens is 476 g/mol. The number of nitrogens with one attached hydrogen (secondary N) is 1. The molecule has 198 valence electrons. The summed E-state index contributed by atoms with van der Waals surface area (Å²) in [6.07, 6.45) is 3.95. The number of carbonyl (C=O) groups excluding carboxylic acids is 2. The van der Waals surface area contributed by atoms with Gasteiger partial charge in [0, 0.05) is 24.4 Å². The average molecular weight is 511 g/mol. The molecule has 0 aliphatic carbocycles. The van der Waals surface area contributed by atoms with Gasteiger partial charge in [0.2, 0.25) is 0 Å². The van der Waals surface area contributed by atoms with Crippen LogP contribution in [0.5, 0.6) is 17.2 Å². The molecular formula is C28H34N2O7. The van der Waals surface area contributed by atoms with Crippen molar-refractivity contribution in [1.82, 2.24) is 10.4 Å². The number of nitrogens with zero attached hydrogens (tertiary/aromatic N) is 1. The van der Waals surface area contributed by atoms with E-state index >= 15 is 0 Å². The first kappa shape index (κ1) is 27.6. The van der Waals surface area contributed by atoms with Crippen LogP contribution in [-0.2, 0) is 27.4 Å². The van der Waals surface area contributed by atoms with Crippen LogP contribution in [-0.4, -0.2) is 43.5 Å². The number of rotatable bonds is 9. The second kappa shape index (κ2) is 11.8. The number of hydrazine groups is 1. The van der Waals surface area contributed by atoms with Crippen LogP contribution >= 0.6 is 0 Å². The summed E-state index contributed by atoms with van der Waals surface area (Å²) in [5.41, 5.74) is 5.95. The molecule has 1 N–H and O–H groups in total. The highest BCUT2D eigenvalue weighted by molar-refractivity contribution is 5.87. The van der Waals surface area contributed by atoms with Crippen LogP contribution in [0, 0.1) is 0 Å². The number of fused-ring (bicyclic) bond motifs is 1. The SMILES string of the molecule is C=CC(=O)Oc1ccc(-c2c(OC)cc(COCC)cc2OC)c2c1C=CN(NC(=O)OC(C)(C)C)C2. The largest absolute Gasteiger partial charge is 0.496 e. The van der Waals surface area contributed by atoms with Crippen molar-refractivity contribution in [3.8, 4) is 28.4 Å². The quantitative estimate of drug-likeness (QED) is 0.279. The zero-order valence-corrected chi connectivity index (χ0v) is 22.2. The van der Waals surface area contributed by atoms with Crippen molar-refractivity contribution in [2.75, 3.05) is 20.8 Å². The second-order valence-corrected chi connectivity index (χ2v) is 9.20. The summed E-state index contributed by atoms with van der Waals surface area (Å²) < 4.78 is 28.0. The third kappa shape index (κ3) is 6.83. The Kier molecular flexibility index (Phi) is 8.83. The van der Waals surface area contributed by atoms with Gasteiger partial charge in [-0.3, -0.25) is 5.01 Å². The zero-order chi connectivity index (χ0) is 27.2. The van der Waals surface area contributed by atoms with Gasteiger partial charge in [0.05, 0.1) is 32.9 Å². The third-order valence-electron chi connectivity index (χ3n) is 5.39. The number of hydrogen-bond acceptors (Lipinski definition) is 8. The number of esters is 1. The first-order valence-corrected chi connectivity index (χ1v) is 11.9. The fourth-order valence-corrected chi connectivity index (χ4v) is 3.89. The summed E-state index contributed by atoms with van der Waals surface area (Å²) in [4.78, 5) is 24.4. The smallest absolute Gasteiger partial charge is 0.426 e. The van der Waals surface area contributed by atoms with E-state index in [2.05, 4.69) is 12.0 Å². The lowest BCUT2D eigenvalue weighted by molar-refractivity contribution is -0.128. The number of amides is 1. The number of benzene rings is 2. The maximum atomic E-state index is 12.4. The minimum absolute atomic E-state index is 0.257. The van der Waals surface area contributed by atoms with Gasteiger partial charge >= 0.3 is 12.1 Å². The van der Waals surface area contributed by atoms with Crippen LogP contribution in [0.3, 0.4) is 0 Å². The van der Waals surface area contributed by atoms with E-state index in [4.69, 9.17) is 23.7 Å². The van der Waals surface area contributed by atoms with E-state index in [0.717, 1.165) is 28.3 Å². The Morgan fingerprint density at radius 2 is 1.78 bits per heavy atom. The molecule has 2 aromatic carbocycles. The van der Waals surface area contributed by atoms with Gasteiger partial charge in [-0.2, -0.15) is 0 Å². The summed E-state index contributed by atoms with van der Waals surface area (Å²) in [7, 11) is 3.18. The number of ether oxygens (including phenoxy) is 5. The molecule has 0 saturated carbocycles. The molecule has 0 atom stereocenters. The van der Waals surface area contributed by atoms with E-state index in [-0.39, 0.29) is 6.54 Å². The van der Waals surface area contributed by atoms with Gasteiger partial charge < -0.3 is 23.7 Å². The lowest BCUT2D eigenvalue weighted by atomic mass is 9.91. The van der Waals surface area contributed by atoms with Gasteiger partial charge in [-0.25, -0.2) is 15.0 Å². The molecule has 0 fully saturated rings. The third-order valence-corrected chi connectivity index (χ3v) is 5.39. The molecule has 0 spiro atoms. The van der Waals surface area contributed by atoms with Crippen molar-refractivity contribution in [2.45, 2.75) is 46.4 Å². The van der Waals surface area contributed by atoms with Crippen LogP contribution in [0.25, 0.3) is 17.2 Å². The normalized spacial score (nSPS) is 12.4. The fraction of sp³-hybridized carbons (Fsp3) is 0.357. The fourth-order valence-electron chi connectivity index (χ4n) is 3.89. The Balaban J connectivity index is 2.11. The molecule has 0 radical (unpaired) electrons. The monoisotopic (exact) mass is 510 g/mol. The van der Waals surface area contributed by atoms with Crippen molar-refractivity contribution in [3.05, 3.63) is 59.8 Å². The lowest BCUT2D eigenvalue weighted by Gasteiger charge is -2.30. The van der Waals surface area contributed by atoms with Crippen LogP contribution < -0.4 is 19.6 Å². The predicted octanol–water partition coefficient (Wildman–Crippen LogP) is 5.22.